The molecule has 2 fully saturated rings. The van der Waals surface area contributed by atoms with Gasteiger partial charge in [0.2, 0.25) is 0 Å². The molecule has 4 rings (SSSR count). The molecule has 2 atom stereocenters. The van der Waals surface area contributed by atoms with Gasteiger partial charge in [-0.25, -0.2) is 4.79 Å². The van der Waals surface area contributed by atoms with Gasteiger partial charge in [-0.3, -0.25) is 9.80 Å². The maximum Gasteiger partial charge on any atom is 0.319 e. The summed E-state index contributed by atoms with van der Waals surface area (Å²) in [5, 5.41) is 17.9. The third-order valence-corrected chi connectivity index (χ3v) is 6.67. The molecular weight excluding hydrogens is 468 g/mol. The summed E-state index contributed by atoms with van der Waals surface area (Å²) in [5.41, 5.74) is 2.47. The van der Waals surface area contributed by atoms with Gasteiger partial charge in [-0.1, -0.05) is 12.1 Å². The minimum Gasteiger partial charge on any atom is -0.492 e. The first-order chi connectivity index (χ1) is 17.9. The lowest BCUT2D eigenvalue weighted by molar-refractivity contribution is -0.140. The Balaban J connectivity index is 1.25. The molecule has 2 aromatic carbocycles. The molecule has 2 aliphatic rings. The zero-order valence-electron chi connectivity index (χ0n) is 21.5. The molecule has 0 N–H and O–H groups in total. The van der Waals surface area contributed by atoms with E-state index in [4.69, 9.17) is 20.0 Å². The molecule has 0 spiro atoms. The van der Waals surface area contributed by atoms with Gasteiger partial charge in [0.25, 0.3) is 0 Å². The second-order valence-corrected chi connectivity index (χ2v) is 9.79. The van der Waals surface area contributed by atoms with Crippen LogP contribution in [0, 0.1) is 22.7 Å². The molecule has 9 heteroatoms. The number of urea groups is 1. The predicted molar refractivity (Wildman–Crippen MR) is 139 cm³/mol. The van der Waals surface area contributed by atoms with Crippen LogP contribution in [0.4, 0.5) is 4.79 Å². The zero-order valence-corrected chi connectivity index (χ0v) is 21.5. The molecule has 9 nitrogen and oxygen atoms in total. The van der Waals surface area contributed by atoms with Gasteiger partial charge in [0.1, 0.15) is 12.4 Å². The molecule has 0 aliphatic carbocycles. The fourth-order valence-corrected chi connectivity index (χ4v) is 4.86. The summed E-state index contributed by atoms with van der Waals surface area (Å²) in [7, 11) is 3.52. The molecular formula is C28H34N6O3. The van der Waals surface area contributed by atoms with Crippen molar-refractivity contribution in [1.82, 2.24) is 19.6 Å². The van der Waals surface area contributed by atoms with Crippen molar-refractivity contribution in [3.63, 3.8) is 0 Å². The van der Waals surface area contributed by atoms with Crippen LogP contribution in [0.25, 0.3) is 0 Å². The number of nitriles is 2. The molecule has 0 radical (unpaired) electrons. The lowest BCUT2D eigenvalue weighted by atomic mass is 10.1. The highest BCUT2D eigenvalue weighted by Crippen LogP contribution is 2.21. The molecule has 2 aliphatic heterocycles. The van der Waals surface area contributed by atoms with Crippen LogP contribution in [-0.2, 0) is 11.3 Å². The average molecular weight is 503 g/mol. The van der Waals surface area contributed by atoms with Crippen molar-refractivity contribution in [1.29, 1.82) is 10.5 Å². The van der Waals surface area contributed by atoms with Gasteiger partial charge in [-0.2, -0.15) is 10.5 Å². The molecule has 2 heterocycles. The Morgan fingerprint density at radius 3 is 2.05 bits per heavy atom. The lowest BCUT2D eigenvalue weighted by Crippen LogP contribution is -2.60. The van der Waals surface area contributed by atoms with Crippen LogP contribution in [0.5, 0.6) is 5.75 Å². The van der Waals surface area contributed by atoms with Gasteiger partial charge in [0, 0.05) is 59.9 Å². The van der Waals surface area contributed by atoms with Crippen LogP contribution in [0.3, 0.4) is 0 Å². The average Bonchev–Trinajstić information content (AvgIpc) is 2.90. The largest absolute Gasteiger partial charge is 0.492 e. The SMILES string of the molecule is CN(C)C(=O)N(CCOc1ccc(C#N)cc1)CCN1CC2CN(Cc3ccc(C#N)cc3)CC(C1)O2. The number of ether oxygens (including phenoxy) is 2. The molecule has 0 aromatic heterocycles. The van der Waals surface area contributed by atoms with Crippen molar-refractivity contribution >= 4 is 6.03 Å². The van der Waals surface area contributed by atoms with Crippen LogP contribution < -0.4 is 4.74 Å². The summed E-state index contributed by atoms with van der Waals surface area (Å²) in [6.07, 6.45) is 0.284. The van der Waals surface area contributed by atoms with Crippen LogP contribution in [0.15, 0.2) is 48.5 Å². The number of hydrogen-bond acceptors (Lipinski definition) is 7. The molecule has 0 saturated carbocycles. The Kier molecular flexibility index (Phi) is 8.97. The molecule has 2 unspecified atom stereocenters. The number of rotatable bonds is 9. The number of fused-ring (bicyclic) bond motifs is 2. The number of hydrogen-bond donors (Lipinski definition) is 0. The number of carbonyl (C=O) groups is 1. The van der Waals surface area contributed by atoms with Crippen molar-refractivity contribution in [3.8, 4) is 17.9 Å². The number of benzene rings is 2. The van der Waals surface area contributed by atoms with Gasteiger partial charge in [0.05, 0.1) is 42.0 Å². The van der Waals surface area contributed by atoms with Crippen LogP contribution in [0.1, 0.15) is 16.7 Å². The first-order valence-corrected chi connectivity index (χ1v) is 12.6. The summed E-state index contributed by atoms with van der Waals surface area (Å²) in [4.78, 5) is 21.0. The van der Waals surface area contributed by atoms with E-state index < -0.39 is 0 Å². The summed E-state index contributed by atoms with van der Waals surface area (Å²) >= 11 is 0. The topological polar surface area (TPSA) is 96.1 Å². The molecule has 2 aromatic rings. The fourth-order valence-electron chi connectivity index (χ4n) is 4.86. The number of nitrogens with zero attached hydrogens (tertiary/aromatic N) is 6. The van der Waals surface area contributed by atoms with Gasteiger partial charge in [-0.05, 0) is 42.0 Å². The van der Waals surface area contributed by atoms with Gasteiger partial charge < -0.3 is 19.3 Å². The van der Waals surface area contributed by atoms with E-state index in [2.05, 4.69) is 21.9 Å². The Morgan fingerprint density at radius 1 is 0.919 bits per heavy atom. The Morgan fingerprint density at radius 2 is 1.49 bits per heavy atom. The quantitative estimate of drug-likeness (QED) is 0.519. The van der Waals surface area contributed by atoms with Crippen molar-refractivity contribution < 1.29 is 14.3 Å². The fraction of sp³-hybridized carbons (Fsp3) is 0.464. The first kappa shape index (κ1) is 26.4. The van der Waals surface area contributed by atoms with E-state index in [1.165, 1.54) is 5.56 Å². The maximum absolute atomic E-state index is 12.8. The standard InChI is InChI=1S/C28H34N6O3/c1-31(2)28(35)34(13-14-36-25-9-7-23(16-30)8-10-25)12-11-32-18-26-20-33(21-27(19-32)37-26)17-24-5-3-22(15-29)4-6-24/h3-10,26-27H,11-14,17-21H2,1-2H3. The molecule has 2 bridgehead atoms. The second kappa shape index (κ2) is 12.6. The number of carbonyl (C=O) groups excluding carboxylic acids is 1. The van der Waals surface area contributed by atoms with Crippen molar-refractivity contribution in [2.75, 3.05) is 66.5 Å². The highest BCUT2D eigenvalue weighted by Gasteiger charge is 2.35. The van der Waals surface area contributed by atoms with E-state index in [-0.39, 0.29) is 18.2 Å². The van der Waals surface area contributed by atoms with E-state index in [1.54, 1.807) is 43.3 Å². The van der Waals surface area contributed by atoms with Crippen molar-refractivity contribution in [2.24, 2.45) is 0 Å². The van der Waals surface area contributed by atoms with E-state index in [0.29, 0.717) is 36.6 Å². The molecule has 194 valence electrons. The van der Waals surface area contributed by atoms with Crippen molar-refractivity contribution in [2.45, 2.75) is 18.8 Å². The number of amides is 2. The van der Waals surface area contributed by atoms with Crippen molar-refractivity contribution in [3.05, 3.63) is 65.2 Å². The summed E-state index contributed by atoms with van der Waals surface area (Å²) < 4.78 is 12.0. The number of morpholine rings is 2. The normalized spacial score (nSPS) is 19.5. The molecule has 37 heavy (non-hydrogen) atoms. The van der Waals surface area contributed by atoms with Crippen LogP contribution in [0.2, 0.25) is 0 Å². The van der Waals surface area contributed by atoms with E-state index in [9.17, 15) is 4.79 Å². The second-order valence-electron chi connectivity index (χ2n) is 9.79. The van der Waals surface area contributed by atoms with Gasteiger partial charge in [0.15, 0.2) is 0 Å². The third-order valence-electron chi connectivity index (χ3n) is 6.67. The van der Waals surface area contributed by atoms with Crippen LogP contribution in [-0.4, -0.2) is 104 Å². The lowest BCUT2D eigenvalue weighted by Gasteiger charge is -2.46. The van der Waals surface area contributed by atoms with E-state index in [0.717, 1.165) is 39.3 Å². The Bertz CT molecular complexity index is 1110. The zero-order chi connectivity index (χ0) is 26.2. The third kappa shape index (κ3) is 7.43. The minimum atomic E-state index is -0.0366. The van der Waals surface area contributed by atoms with E-state index >= 15 is 0 Å². The highest BCUT2D eigenvalue weighted by molar-refractivity contribution is 5.73. The maximum atomic E-state index is 12.8. The van der Waals surface area contributed by atoms with Gasteiger partial charge >= 0.3 is 6.03 Å². The molecule has 2 saturated heterocycles. The first-order valence-electron chi connectivity index (χ1n) is 12.6. The minimum absolute atomic E-state index is 0.0366. The van der Waals surface area contributed by atoms with E-state index in [1.807, 2.05) is 29.2 Å². The monoisotopic (exact) mass is 502 g/mol. The Hall–Kier alpha value is -3.63. The smallest absolute Gasteiger partial charge is 0.319 e. The summed E-state index contributed by atoms with van der Waals surface area (Å²) in [6.45, 7) is 6.52. The summed E-state index contributed by atoms with van der Waals surface area (Å²) in [6, 6.07) is 19.0. The Labute approximate surface area is 219 Å². The predicted octanol–water partition coefficient (Wildman–Crippen LogP) is 2.38. The van der Waals surface area contributed by atoms with Crippen LogP contribution >= 0.6 is 0 Å². The molecule has 2 amide bonds. The highest BCUT2D eigenvalue weighted by atomic mass is 16.5. The summed E-state index contributed by atoms with van der Waals surface area (Å²) in [5.74, 6) is 0.683. The van der Waals surface area contributed by atoms with Gasteiger partial charge in [-0.15, -0.1) is 0 Å².